The molecule has 3 amide bonds. The Balaban J connectivity index is 1.08. The van der Waals surface area contributed by atoms with Crippen molar-refractivity contribution in [2.75, 3.05) is 58.7 Å². The van der Waals surface area contributed by atoms with E-state index in [1.54, 1.807) is 12.1 Å². The van der Waals surface area contributed by atoms with Crippen molar-refractivity contribution in [3.05, 3.63) is 84.4 Å². The zero-order valence-corrected chi connectivity index (χ0v) is 27.7. The van der Waals surface area contributed by atoms with E-state index in [1.807, 2.05) is 90.6 Å². The fraction of sp³-hybridized carbons (Fsp3) is 0.432. The molecule has 1 aliphatic heterocycles. The van der Waals surface area contributed by atoms with E-state index >= 15 is 0 Å². The maximum Gasteiger partial charge on any atom is 0.411 e. The molecule has 0 bridgehead atoms. The molecule has 0 atom stereocenters. The highest BCUT2D eigenvalue weighted by atomic mass is 16.6. The van der Waals surface area contributed by atoms with E-state index in [0.717, 1.165) is 67.6 Å². The molecule has 10 heteroatoms. The second kappa shape index (κ2) is 18.7. The first-order valence-electron chi connectivity index (χ1n) is 16.6. The summed E-state index contributed by atoms with van der Waals surface area (Å²) in [5.74, 6) is 0.315. The highest BCUT2D eigenvalue weighted by Gasteiger charge is 2.23. The van der Waals surface area contributed by atoms with Gasteiger partial charge in [0.2, 0.25) is 11.8 Å². The molecule has 4 rings (SSSR count). The number of piperidine rings is 1. The van der Waals surface area contributed by atoms with Gasteiger partial charge in [0, 0.05) is 51.3 Å². The molecule has 0 unspecified atom stereocenters. The van der Waals surface area contributed by atoms with Crippen LogP contribution >= 0.6 is 0 Å². The average molecular weight is 644 g/mol. The van der Waals surface area contributed by atoms with Crippen LogP contribution in [0.4, 0.5) is 10.5 Å². The summed E-state index contributed by atoms with van der Waals surface area (Å²) in [4.78, 5) is 43.9. The molecule has 1 saturated heterocycles. The second-order valence-electron chi connectivity index (χ2n) is 12.4. The summed E-state index contributed by atoms with van der Waals surface area (Å²) in [6.07, 6.45) is 3.90. The first kappa shape index (κ1) is 35.4. The van der Waals surface area contributed by atoms with Gasteiger partial charge in [-0.3, -0.25) is 14.9 Å². The van der Waals surface area contributed by atoms with Crippen LogP contribution in [0, 0.1) is 0 Å². The summed E-state index contributed by atoms with van der Waals surface area (Å²) in [5, 5.41) is 15.5. The van der Waals surface area contributed by atoms with Crippen LogP contribution in [-0.4, -0.2) is 97.2 Å². The van der Waals surface area contributed by atoms with Gasteiger partial charge in [0.1, 0.15) is 11.9 Å². The van der Waals surface area contributed by atoms with Gasteiger partial charge >= 0.3 is 6.09 Å². The molecule has 10 nitrogen and oxygen atoms in total. The number of phenolic OH excluding ortho intramolecular Hbond substituents is 1. The summed E-state index contributed by atoms with van der Waals surface area (Å²) in [6, 6.07) is 24.6. The van der Waals surface area contributed by atoms with Crippen molar-refractivity contribution >= 4 is 23.6 Å². The van der Waals surface area contributed by atoms with E-state index in [0.29, 0.717) is 39.1 Å². The van der Waals surface area contributed by atoms with E-state index < -0.39 is 6.09 Å². The van der Waals surface area contributed by atoms with Gasteiger partial charge in [-0.15, -0.1) is 0 Å². The Bertz CT molecular complexity index is 1410. The van der Waals surface area contributed by atoms with E-state index in [1.165, 1.54) is 0 Å². The lowest BCUT2D eigenvalue weighted by atomic mass is 10.0. The molecule has 3 N–H and O–H groups in total. The molecule has 1 aliphatic rings. The second-order valence-corrected chi connectivity index (χ2v) is 12.4. The number of hydrogen-bond donors (Lipinski definition) is 3. The van der Waals surface area contributed by atoms with Crippen molar-refractivity contribution in [3.63, 3.8) is 0 Å². The Hall–Kier alpha value is -4.41. The number of phenols is 1. The SMILES string of the molecule is CN(C)CC(=O)N(CCCCCNC(=O)CCN1CCC(OC(=O)Nc2ccccc2-c2ccccc2)CC1)Cc1ccc(O)cc1. The molecule has 3 aromatic rings. The quantitative estimate of drug-likeness (QED) is 0.181. The number of likely N-dealkylation sites (tertiary alicyclic amines) is 1. The van der Waals surface area contributed by atoms with Gasteiger partial charge in [-0.25, -0.2) is 4.79 Å². The van der Waals surface area contributed by atoms with Crippen molar-refractivity contribution in [3.8, 4) is 16.9 Å². The summed E-state index contributed by atoms with van der Waals surface area (Å²) in [5.41, 5.74) is 3.66. The first-order chi connectivity index (χ1) is 22.8. The largest absolute Gasteiger partial charge is 0.508 e. The molecule has 0 spiro atoms. The Labute approximate surface area is 278 Å². The van der Waals surface area contributed by atoms with Crippen molar-refractivity contribution in [2.24, 2.45) is 0 Å². The van der Waals surface area contributed by atoms with Crippen molar-refractivity contribution < 1.29 is 24.2 Å². The third-order valence-electron chi connectivity index (χ3n) is 8.25. The predicted molar refractivity (Wildman–Crippen MR) is 185 cm³/mol. The van der Waals surface area contributed by atoms with Crippen LogP contribution in [0.3, 0.4) is 0 Å². The van der Waals surface area contributed by atoms with Crippen LogP contribution in [0.25, 0.3) is 11.1 Å². The number of hydrogen-bond acceptors (Lipinski definition) is 7. The number of nitrogens with one attached hydrogen (secondary N) is 2. The Morgan fingerprint density at radius 3 is 2.32 bits per heavy atom. The van der Waals surface area contributed by atoms with E-state index in [4.69, 9.17) is 4.74 Å². The zero-order chi connectivity index (χ0) is 33.4. The summed E-state index contributed by atoms with van der Waals surface area (Å²) in [6.45, 7) is 4.33. The Morgan fingerprint density at radius 2 is 1.60 bits per heavy atom. The van der Waals surface area contributed by atoms with Gasteiger partial charge in [0.15, 0.2) is 0 Å². The molecule has 1 heterocycles. The summed E-state index contributed by atoms with van der Waals surface area (Å²) in [7, 11) is 3.76. The smallest absolute Gasteiger partial charge is 0.411 e. The first-order valence-corrected chi connectivity index (χ1v) is 16.6. The minimum absolute atomic E-state index is 0.0370. The maximum absolute atomic E-state index is 12.8. The number of carbonyl (C=O) groups is 3. The van der Waals surface area contributed by atoms with Gasteiger partial charge < -0.3 is 29.9 Å². The highest BCUT2D eigenvalue weighted by Crippen LogP contribution is 2.28. The number of anilines is 1. The minimum Gasteiger partial charge on any atom is -0.508 e. The highest BCUT2D eigenvalue weighted by molar-refractivity contribution is 5.91. The average Bonchev–Trinajstić information content (AvgIpc) is 3.06. The van der Waals surface area contributed by atoms with Gasteiger partial charge in [0.05, 0.1) is 12.2 Å². The number of carbonyl (C=O) groups excluding carboxylic acids is 3. The zero-order valence-electron chi connectivity index (χ0n) is 27.7. The molecule has 1 fully saturated rings. The van der Waals surface area contributed by atoms with Crippen LogP contribution < -0.4 is 10.6 Å². The van der Waals surface area contributed by atoms with Gasteiger partial charge in [-0.05, 0) is 75.5 Å². The lowest BCUT2D eigenvalue weighted by Crippen LogP contribution is -2.40. The monoisotopic (exact) mass is 643 g/mol. The van der Waals surface area contributed by atoms with Crippen LogP contribution in [0.15, 0.2) is 78.9 Å². The normalized spacial score (nSPS) is 13.7. The molecule has 252 valence electrons. The molecule has 0 saturated carbocycles. The van der Waals surface area contributed by atoms with Crippen molar-refractivity contribution in [2.45, 2.75) is 51.2 Å². The lowest BCUT2D eigenvalue weighted by molar-refractivity contribution is -0.132. The Kier molecular flexibility index (Phi) is 14.1. The number of ether oxygens (including phenoxy) is 1. The topological polar surface area (TPSA) is 114 Å². The molecular formula is C37H49N5O5. The number of aromatic hydroxyl groups is 1. The van der Waals surface area contributed by atoms with E-state index in [2.05, 4.69) is 15.5 Å². The van der Waals surface area contributed by atoms with Crippen LogP contribution in [-0.2, 0) is 20.9 Å². The fourth-order valence-corrected chi connectivity index (χ4v) is 5.67. The van der Waals surface area contributed by atoms with Crippen molar-refractivity contribution in [1.29, 1.82) is 0 Å². The van der Waals surface area contributed by atoms with Crippen LogP contribution in [0.2, 0.25) is 0 Å². The molecular weight excluding hydrogens is 594 g/mol. The fourth-order valence-electron chi connectivity index (χ4n) is 5.67. The Morgan fingerprint density at radius 1 is 0.894 bits per heavy atom. The third-order valence-corrected chi connectivity index (χ3v) is 8.25. The van der Waals surface area contributed by atoms with Crippen molar-refractivity contribution in [1.82, 2.24) is 20.0 Å². The number of nitrogens with zero attached hydrogens (tertiary/aromatic N) is 3. The molecule has 47 heavy (non-hydrogen) atoms. The number of likely N-dealkylation sites (N-methyl/N-ethyl adjacent to an activating group) is 1. The third kappa shape index (κ3) is 12.4. The summed E-state index contributed by atoms with van der Waals surface area (Å²) < 4.78 is 5.73. The predicted octanol–water partition coefficient (Wildman–Crippen LogP) is 5.34. The minimum atomic E-state index is -0.448. The molecule has 3 aromatic carbocycles. The lowest BCUT2D eigenvalue weighted by Gasteiger charge is -2.31. The molecule has 0 radical (unpaired) electrons. The number of rotatable bonds is 16. The van der Waals surface area contributed by atoms with Crippen LogP contribution in [0.5, 0.6) is 5.75 Å². The maximum atomic E-state index is 12.8. The van der Waals surface area contributed by atoms with E-state index in [9.17, 15) is 19.5 Å². The number of para-hydroxylation sites is 1. The standard InChI is InChI=1S/C37H49N5O5/c1-40(2)28-36(45)42(27-29-15-17-31(43)18-16-29)23-10-4-9-22-38-35(44)21-26-41-24-19-32(20-25-41)47-37(46)39-34-14-8-7-13-33(34)30-11-5-3-6-12-30/h3,5-8,11-18,32,43H,4,9-10,19-28H2,1-2H3,(H,38,44)(H,39,46). The van der Waals surface area contributed by atoms with Gasteiger partial charge in [-0.1, -0.05) is 60.7 Å². The van der Waals surface area contributed by atoms with E-state index in [-0.39, 0.29) is 23.7 Å². The molecule has 0 aromatic heterocycles. The molecule has 0 aliphatic carbocycles. The van der Waals surface area contributed by atoms with Gasteiger partial charge in [0.25, 0.3) is 0 Å². The van der Waals surface area contributed by atoms with Crippen LogP contribution in [0.1, 0.15) is 44.1 Å². The number of unbranched alkanes of at least 4 members (excludes halogenated alkanes) is 2. The number of amides is 3. The summed E-state index contributed by atoms with van der Waals surface area (Å²) >= 11 is 0. The van der Waals surface area contributed by atoms with Gasteiger partial charge in [-0.2, -0.15) is 0 Å². The number of benzene rings is 3.